The first kappa shape index (κ1) is 17.5. The minimum absolute atomic E-state index is 0.0742. The summed E-state index contributed by atoms with van der Waals surface area (Å²) in [6.07, 6.45) is -3.20. The largest absolute Gasteiger partial charge is 0.416 e. The van der Waals surface area contributed by atoms with Crippen molar-refractivity contribution in [3.05, 3.63) is 59.3 Å². The molecule has 0 bridgehead atoms. The lowest BCUT2D eigenvalue weighted by molar-refractivity contribution is -0.137. The van der Waals surface area contributed by atoms with Gasteiger partial charge in [-0.25, -0.2) is 4.98 Å². The maximum atomic E-state index is 12.7. The third kappa shape index (κ3) is 4.09. The van der Waals surface area contributed by atoms with Gasteiger partial charge in [0.25, 0.3) is 11.8 Å². The van der Waals surface area contributed by atoms with E-state index in [0.29, 0.717) is 5.56 Å². The van der Waals surface area contributed by atoms with Gasteiger partial charge in [0.2, 0.25) is 0 Å². The van der Waals surface area contributed by atoms with Gasteiger partial charge in [0, 0.05) is 31.4 Å². The number of benzene rings is 1. The van der Waals surface area contributed by atoms with E-state index in [2.05, 4.69) is 10.3 Å². The van der Waals surface area contributed by atoms with Crippen LogP contribution in [0.5, 0.6) is 0 Å². The highest BCUT2D eigenvalue weighted by Crippen LogP contribution is 2.29. The van der Waals surface area contributed by atoms with Crippen LogP contribution in [0.25, 0.3) is 0 Å². The van der Waals surface area contributed by atoms with Gasteiger partial charge in [-0.15, -0.1) is 0 Å². The molecule has 1 N–H and O–H groups in total. The first-order valence-corrected chi connectivity index (χ1v) is 6.85. The Bertz CT molecular complexity index is 773. The molecule has 0 saturated heterocycles. The van der Waals surface area contributed by atoms with Gasteiger partial charge in [0.15, 0.2) is 0 Å². The van der Waals surface area contributed by atoms with E-state index in [1.165, 1.54) is 29.3 Å². The number of anilines is 1. The second kappa shape index (κ2) is 6.69. The summed E-state index contributed by atoms with van der Waals surface area (Å²) in [4.78, 5) is 29.2. The standard InChI is InChI=1S/C16H14F3N3O2/c1-22(2)15(24)11-6-7-20-13(9-11)21-14(23)10-4-3-5-12(8-10)16(17,18)19/h3-9H,1-2H3,(H,20,21,23). The molecule has 126 valence electrons. The summed E-state index contributed by atoms with van der Waals surface area (Å²) >= 11 is 0. The van der Waals surface area contributed by atoms with Crippen LogP contribution in [0.2, 0.25) is 0 Å². The minimum atomic E-state index is -4.54. The molecule has 1 heterocycles. The minimum Gasteiger partial charge on any atom is -0.345 e. The van der Waals surface area contributed by atoms with E-state index >= 15 is 0 Å². The molecule has 0 aliphatic rings. The molecule has 0 radical (unpaired) electrons. The Kier molecular flexibility index (Phi) is 4.87. The number of hydrogen-bond donors (Lipinski definition) is 1. The van der Waals surface area contributed by atoms with Gasteiger partial charge in [-0.2, -0.15) is 13.2 Å². The molecular weight excluding hydrogens is 323 g/mol. The van der Waals surface area contributed by atoms with Crippen LogP contribution in [0.3, 0.4) is 0 Å². The molecule has 0 spiro atoms. The lowest BCUT2D eigenvalue weighted by Gasteiger charge is -2.11. The van der Waals surface area contributed by atoms with Crippen LogP contribution in [-0.4, -0.2) is 35.8 Å². The molecular formula is C16H14F3N3O2. The Balaban J connectivity index is 2.21. The zero-order chi connectivity index (χ0) is 17.9. The van der Waals surface area contributed by atoms with Crippen LogP contribution in [0, 0.1) is 0 Å². The van der Waals surface area contributed by atoms with Crippen LogP contribution < -0.4 is 5.32 Å². The van der Waals surface area contributed by atoms with Gasteiger partial charge in [0.05, 0.1) is 5.56 Å². The molecule has 1 aromatic heterocycles. The number of carbonyl (C=O) groups excluding carboxylic acids is 2. The number of carbonyl (C=O) groups is 2. The van der Waals surface area contributed by atoms with E-state index < -0.39 is 17.6 Å². The molecule has 0 unspecified atom stereocenters. The summed E-state index contributed by atoms with van der Waals surface area (Å²) < 4.78 is 38.1. The van der Waals surface area contributed by atoms with Crippen molar-refractivity contribution in [1.82, 2.24) is 9.88 Å². The van der Waals surface area contributed by atoms with Gasteiger partial charge in [-0.05, 0) is 30.3 Å². The summed E-state index contributed by atoms with van der Waals surface area (Å²) in [7, 11) is 3.15. The predicted molar refractivity (Wildman–Crippen MR) is 81.7 cm³/mol. The fraction of sp³-hybridized carbons (Fsp3) is 0.188. The Morgan fingerprint density at radius 2 is 1.79 bits per heavy atom. The molecule has 8 heteroatoms. The third-order valence-electron chi connectivity index (χ3n) is 3.11. The second-order valence-electron chi connectivity index (χ2n) is 5.16. The number of amides is 2. The highest BCUT2D eigenvalue weighted by molar-refractivity contribution is 6.04. The Hall–Kier alpha value is -2.90. The average molecular weight is 337 g/mol. The van der Waals surface area contributed by atoms with Gasteiger partial charge in [0.1, 0.15) is 5.82 Å². The number of alkyl halides is 3. The van der Waals surface area contributed by atoms with E-state index in [1.54, 1.807) is 14.1 Å². The SMILES string of the molecule is CN(C)C(=O)c1ccnc(NC(=O)c2cccc(C(F)(F)F)c2)c1. The van der Waals surface area contributed by atoms with Crippen molar-refractivity contribution in [2.24, 2.45) is 0 Å². The number of aromatic nitrogens is 1. The maximum absolute atomic E-state index is 12.7. The molecule has 0 fully saturated rings. The zero-order valence-corrected chi connectivity index (χ0v) is 12.9. The summed E-state index contributed by atoms with van der Waals surface area (Å²) in [5.74, 6) is -0.958. The van der Waals surface area contributed by atoms with Crippen LogP contribution in [0.4, 0.5) is 19.0 Å². The monoisotopic (exact) mass is 337 g/mol. The molecule has 24 heavy (non-hydrogen) atoms. The van der Waals surface area contributed by atoms with Gasteiger partial charge < -0.3 is 10.2 Å². The molecule has 0 saturated carbocycles. The fourth-order valence-corrected chi connectivity index (χ4v) is 1.92. The summed E-state index contributed by atoms with van der Waals surface area (Å²) in [5.41, 5.74) is -0.773. The fourth-order valence-electron chi connectivity index (χ4n) is 1.92. The Morgan fingerprint density at radius 1 is 1.08 bits per heavy atom. The molecule has 0 atom stereocenters. The molecule has 0 aliphatic carbocycles. The average Bonchev–Trinajstić information content (AvgIpc) is 2.53. The Labute approximate surface area is 136 Å². The molecule has 5 nitrogen and oxygen atoms in total. The molecule has 2 rings (SSSR count). The van der Waals surface area contributed by atoms with E-state index in [9.17, 15) is 22.8 Å². The highest BCUT2D eigenvalue weighted by atomic mass is 19.4. The highest BCUT2D eigenvalue weighted by Gasteiger charge is 2.30. The summed E-state index contributed by atoms with van der Waals surface area (Å²) in [5, 5.41) is 2.38. The molecule has 1 aromatic carbocycles. The van der Waals surface area contributed by atoms with Gasteiger partial charge >= 0.3 is 6.18 Å². The number of halogens is 3. The van der Waals surface area contributed by atoms with Crippen LogP contribution >= 0.6 is 0 Å². The zero-order valence-electron chi connectivity index (χ0n) is 12.9. The van der Waals surface area contributed by atoms with Crippen molar-refractivity contribution in [1.29, 1.82) is 0 Å². The third-order valence-corrected chi connectivity index (χ3v) is 3.11. The maximum Gasteiger partial charge on any atom is 0.416 e. The van der Waals surface area contributed by atoms with E-state index in [4.69, 9.17) is 0 Å². The van der Waals surface area contributed by atoms with E-state index in [1.807, 2.05) is 0 Å². The number of rotatable bonds is 3. The number of nitrogens with zero attached hydrogens (tertiary/aromatic N) is 2. The lowest BCUT2D eigenvalue weighted by Crippen LogP contribution is -2.22. The van der Waals surface area contributed by atoms with Crippen molar-refractivity contribution in [2.45, 2.75) is 6.18 Å². The summed E-state index contributed by atoms with van der Waals surface area (Å²) in [6, 6.07) is 6.88. The first-order chi connectivity index (χ1) is 11.2. The van der Waals surface area contributed by atoms with Crippen LogP contribution in [-0.2, 0) is 6.18 Å². The molecule has 2 amide bonds. The topological polar surface area (TPSA) is 62.3 Å². The van der Waals surface area contributed by atoms with E-state index in [-0.39, 0.29) is 17.3 Å². The molecule has 2 aromatic rings. The van der Waals surface area contributed by atoms with Crippen molar-refractivity contribution in [2.75, 3.05) is 19.4 Å². The van der Waals surface area contributed by atoms with Crippen molar-refractivity contribution in [3.63, 3.8) is 0 Å². The van der Waals surface area contributed by atoms with Gasteiger partial charge in [-0.3, -0.25) is 9.59 Å². The second-order valence-corrected chi connectivity index (χ2v) is 5.16. The van der Waals surface area contributed by atoms with Crippen molar-refractivity contribution < 1.29 is 22.8 Å². The smallest absolute Gasteiger partial charge is 0.345 e. The summed E-state index contributed by atoms with van der Waals surface area (Å²) in [6.45, 7) is 0. The lowest BCUT2D eigenvalue weighted by atomic mass is 10.1. The number of pyridine rings is 1. The van der Waals surface area contributed by atoms with Crippen LogP contribution in [0.15, 0.2) is 42.6 Å². The van der Waals surface area contributed by atoms with Gasteiger partial charge in [-0.1, -0.05) is 6.07 Å². The van der Waals surface area contributed by atoms with Crippen molar-refractivity contribution >= 4 is 17.6 Å². The Morgan fingerprint density at radius 3 is 2.42 bits per heavy atom. The quantitative estimate of drug-likeness (QED) is 0.936. The predicted octanol–water partition coefficient (Wildman–Crippen LogP) is 3.05. The van der Waals surface area contributed by atoms with Crippen molar-refractivity contribution in [3.8, 4) is 0 Å². The van der Waals surface area contributed by atoms with E-state index in [0.717, 1.165) is 18.2 Å². The van der Waals surface area contributed by atoms with Crippen LogP contribution in [0.1, 0.15) is 26.3 Å². The number of hydrogen-bond acceptors (Lipinski definition) is 3. The molecule has 0 aliphatic heterocycles. The number of nitrogens with one attached hydrogen (secondary N) is 1. The first-order valence-electron chi connectivity index (χ1n) is 6.85. The normalized spacial score (nSPS) is 11.0.